The molecule has 2 N–H and O–H groups in total. The van der Waals surface area contributed by atoms with Gasteiger partial charge >= 0.3 is 0 Å². The summed E-state index contributed by atoms with van der Waals surface area (Å²) in [6.45, 7) is 3.40. The number of morpholine rings is 1. The molecule has 11 heteroatoms. The summed E-state index contributed by atoms with van der Waals surface area (Å²) < 4.78 is 39.3. The molecule has 34 heavy (non-hydrogen) atoms. The first-order chi connectivity index (χ1) is 16.3. The van der Waals surface area contributed by atoms with Crippen LogP contribution in [0.25, 0.3) is 11.3 Å². The second-order valence-electron chi connectivity index (χ2n) is 7.68. The van der Waals surface area contributed by atoms with Crippen LogP contribution in [0.5, 0.6) is 5.75 Å². The lowest BCUT2D eigenvalue weighted by atomic mass is 10.1. The second-order valence-corrected chi connectivity index (χ2v) is 9.33. The number of hydrogen-bond donors (Lipinski definition) is 2. The molecule has 0 radical (unpaired) electrons. The summed E-state index contributed by atoms with van der Waals surface area (Å²) in [6, 6.07) is 12.3. The van der Waals surface area contributed by atoms with E-state index in [0.717, 1.165) is 0 Å². The number of sulfonamides is 1. The van der Waals surface area contributed by atoms with Gasteiger partial charge in [-0.1, -0.05) is 0 Å². The van der Waals surface area contributed by atoms with E-state index in [-0.39, 0.29) is 22.3 Å². The van der Waals surface area contributed by atoms with Crippen LogP contribution >= 0.6 is 0 Å². The summed E-state index contributed by atoms with van der Waals surface area (Å²) >= 11 is 0. The van der Waals surface area contributed by atoms with Gasteiger partial charge in [0, 0.05) is 29.9 Å². The Morgan fingerprint density at radius 1 is 1.09 bits per heavy atom. The maximum Gasteiger partial charge on any atom is 0.272 e. The molecule has 1 fully saturated rings. The summed E-state index contributed by atoms with van der Waals surface area (Å²) in [5, 5.41) is 6.94. The Kier molecular flexibility index (Phi) is 6.66. The summed E-state index contributed by atoms with van der Waals surface area (Å²) in [5.41, 5.74) is 1.99. The Bertz CT molecular complexity index is 1310. The minimum atomic E-state index is -4.03. The van der Waals surface area contributed by atoms with Gasteiger partial charge in [-0.05, 0) is 55.5 Å². The monoisotopic (exact) mass is 484 g/mol. The van der Waals surface area contributed by atoms with E-state index in [2.05, 4.69) is 14.9 Å². The Balaban J connectivity index is 1.61. The molecule has 0 spiro atoms. The van der Waals surface area contributed by atoms with Gasteiger partial charge in [-0.15, -0.1) is 0 Å². The van der Waals surface area contributed by atoms with Gasteiger partial charge in [0.2, 0.25) is 0 Å². The van der Waals surface area contributed by atoms with Crippen molar-refractivity contribution in [3.63, 3.8) is 0 Å². The van der Waals surface area contributed by atoms with Crippen molar-refractivity contribution in [2.75, 3.05) is 38.1 Å². The summed E-state index contributed by atoms with van der Waals surface area (Å²) in [4.78, 5) is 25.7. The molecule has 10 nitrogen and oxygen atoms in total. The highest BCUT2D eigenvalue weighted by Gasteiger charge is 2.23. The lowest BCUT2D eigenvalue weighted by molar-refractivity contribution is 0.0299. The van der Waals surface area contributed by atoms with E-state index in [4.69, 9.17) is 9.47 Å². The molecule has 1 aliphatic heterocycles. The zero-order valence-electron chi connectivity index (χ0n) is 18.7. The average molecular weight is 485 g/mol. The maximum absolute atomic E-state index is 13.1. The van der Waals surface area contributed by atoms with Crippen LogP contribution in [0.2, 0.25) is 0 Å². The maximum atomic E-state index is 13.1. The Labute approximate surface area is 196 Å². The third kappa shape index (κ3) is 4.95. The number of carbonyl (C=O) groups excluding carboxylic acids is 2. The average Bonchev–Trinajstić information content (AvgIpc) is 3.34. The van der Waals surface area contributed by atoms with Gasteiger partial charge in [-0.3, -0.25) is 19.4 Å². The van der Waals surface area contributed by atoms with Crippen LogP contribution in [0, 0.1) is 0 Å². The molecule has 1 aromatic heterocycles. The molecule has 4 rings (SSSR count). The zero-order valence-corrected chi connectivity index (χ0v) is 19.5. The van der Waals surface area contributed by atoms with Crippen molar-refractivity contribution >= 4 is 27.4 Å². The number of hydrogen-bond acceptors (Lipinski definition) is 7. The number of carbonyl (C=O) groups is 2. The highest BCUT2D eigenvalue weighted by atomic mass is 32.2. The van der Waals surface area contributed by atoms with Crippen LogP contribution in [0.15, 0.2) is 53.4 Å². The predicted octanol–water partition coefficient (Wildman–Crippen LogP) is 2.56. The Morgan fingerprint density at radius 3 is 2.44 bits per heavy atom. The molecule has 0 atom stereocenters. The Hall–Kier alpha value is -3.70. The molecule has 0 unspecified atom stereocenters. The molecule has 178 valence electrons. The number of nitrogens with one attached hydrogen (secondary N) is 2. The van der Waals surface area contributed by atoms with Crippen molar-refractivity contribution in [2.45, 2.75) is 11.8 Å². The van der Waals surface area contributed by atoms with Crippen LogP contribution in [-0.2, 0) is 14.8 Å². The molecule has 1 saturated heterocycles. The minimum absolute atomic E-state index is 0.0906. The van der Waals surface area contributed by atoms with Crippen molar-refractivity contribution in [1.29, 1.82) is 0 Å². The van der Waals surface area contributed by atoms with E-state index in [0.29, 0.717) is 54.5 Å². The number of benzene rings is 2. The topological polar surface area (TPSA) is 131 Å². The predicted molar refractivity (Wildman–Crippen MR) is 125 cm³/mol. The Morgan fingerprint density at radius 2 is 1.79 bits per heavy atom. The van der Waals surface area contributed by atoms with Gasteiger partial charge < -0.3 is 14.4 Å². The number of ketones is 1. The van der Waals surface area contributed by atoms with Gasteiger partial charge in [-0.2, -0.15) is 5.10 Å². The molecule has 3 aromatic rings. The fourth-order valence-electron chi connectivity index (χ4n) is 3.55. The van der Waals surface area contributed by atoms with E-state index in [1.54, 1.807) is 29.2 Å². The third-order valence-corrected chi connectivity index (χ3v) is 6.80. The quantitative estimate of drug-likeness (QED) is 0.493. The van der Waals surface area contributed by atoms with Gasteiger partial charge in [-0.25, -0.2) is 8.42 Å². The van der Waals surface area contributed by atoms with Crippen molar-refractivity contribution < 1.29 is 27.5 Å². The number of methoxy groups -OCH3 is 1. The molecule has 1 aliphatic rings. The number of nitrogens with zero attached hydrogens (tertiary/aromatic N) is 2. The summed E-state index contributed by atoms with van der Waals surface area (Å²) in [6.07, 6.45) is 0. The largest absolute Gasteiger partial charge is 0.495 e. The highest BCUT2D eigenvalue weighted by molar-refractivity contribution is 7.92. The van der Waals surface area contributed by atoms with E-state index in [9.17, 15) is 18.0 Å². The van der Waals surface area contributed by atoms with Gasteiger partial charge in [0.15, 0.2) is 5.78 Å². The molecular weight excluding hydrogens is 460 g/mol. The lowest BCUT2D eigenvalue weighted by Crippen LogP contribution is -2.40. The van der Waals surface area contributed by atoms with Gasteiger partial charge in [0.1, 0.15) is 16.3 Å². The fraction of sp³-hybridized carbons (Fsp3) is 0.261. The minimum Gasteiger partial charge on any atom is -0.495 e. The van der Waals surface area contributed by atoms with Crippen molar-refractivity contribution in [1.82, 2.24) is 15.1 Å². The van der Waals surface area contributed by atoms with Crippen LogP contribution in [0.4, 0.5) is 5.69 Å². The number of H-pyrrole nitrogens is 1. The number of amides is 1. The molecule has 0 bridgehead atoms. The standard InChI is InChI=1S/C23H24N4O6S/c1-15(28)16-3-6-18(7-4-16)26-34(30,31)22-13-17(5-8-21(22)32-2)19-14-20(25-24-19)23(29)27-9-11-33-12-10-27/h3-8,13-14,26H,9-12H2,1-2H3,(H,24,25). The smallest absolute Gasteiger partial charge is 0.272 e. The molecular formula is C23H24N4O6S. The first-order valence-electron chi connectivity index (χ1n) is 10.5. The van der Waals surface area contributed by atoms with Crippen LogP contribution in [0.1, 0.15) is 27.8 Å². The molecule has 2 heterocycles. The summed E-state index contributed by atoms with van der Waals surface area (Å²) in [7, 11) is -2.66. The van der Waals surface area contributed by atoms with Crippen LogP contribution in [-0.4, -0.2) is 68.6 Å². The van der Waals surface area contributed by atoms with Crippen molar-refractivity contribution in [3.8, 4) is 17.0 Å². The molecule has 1 amide bonds. The van der Waals surface area contributed by atoms with E-state index in [1.807, 2.05) is 0 Å². The van der Waals surface area contributed by atoms with E-state index in [1.165, 1.54) is 38.3 Å². The molecule has 2 aromatic carbocycles. The third-order valence-electron chi connectivity index (χ3n) is 5.40. The highest BCUT2D eigenvalue weighted by Crippen LogP contribution is 2.31. The normalized spacial score (nSPS) is 14.0. The van der Waals surface area contributed by atoms with Crippen molar-refractivity contribution in [2.24, 2.45) is 0 Å². The number of ether oxygens (including phenoxy) is 2. The van der Waals surface area contributed by atoms with Gasteiger partial charge in [0.05, 0.1) is 26.0 Å². The first-order valence-corrected chi connectivity index (χ1v) is 12.0. The number of rotatable bonds is 7. The van der Waals surface area contributed by atoms with E-state index >= 15 is 0 Å². The number of aromatic amines is 1. The number of Topliss-reactive ketones (excluding diaryl/α,β-unsaturated/α-hetero) is 1. The van der Waals surface area contributed by atoms with Crippen molar-refractivity contribution in [3.05, 3.63) is 59.8 Å². The fourth-order valence-corrected chi connectivity index (χ4v) is 4.80. The summed E-state index contributed by atoms with van der Waals surface area (Å²) in [5.74, 6) is -0.162. The number of anilines is 1. The van der Waals surface area contributed by atoms with E-state index < -0.39 is 10.0 Å². The SMILES string of the molecule is COc1ccc(-c2cc(C(=O)N3CCOCC3)[nH]n2)cc1S(=O)(=O)Nc1ccc(C(C)=O)cc1. The van der Waals surface area contributed by atoms with Gasteiger partial charge in [0.25, 0.3) is 15.9 Å². The number of aromatic nitrogens is 2. The zero-order chi connectivity index (χ0) is 24.3. The van der Waals surface area contributed by atoms with Crippen LogP contribution in [0.3, 0.4) is 0 Å². The van der Waals surface area contributed by atoms with Crippen LogP contribution < -0.4 is 9.46 Å². The first kappa shape index (κ1) is 23.5. The lowest BCUT2D eigenvalue weighted by Gasteiger charge is -2.26. The molecule has 0 saturated carbocycles. The molecule has 0 aliphatic carbocycles. The second kappa shape index (κ2) is 9.65.